The quantitative estimate of drug-likeness (QED) is 0.193. The minimum atomic E-state index is -5.08. The molecule has 4 aromatic rings. The van der Waals surface area contributed by atoms with E-state index in [2.05, 4.69) is 20.3 Å². The number of benzene rings is 2. The van der Waals surface area contributed by atoms with Crippen LogP contribution in [0, 0.1) is 10.1 Å². The molecule has 15 heteroatoms. The molecule has 0 aliphatic heterocycles. The third-order valence-electron chi connectivity index (χ3n) is 3.92. The Balaban J connectivity index is 0.000000406. The summed E-state index contributed by atoms with van der Waals surface area (Å²) in [6.07, 6.45) is -5.08. The number of carboxylic acids is 1. The molecule has 0 unspecified atom stereocenters. The monoisotopic (exact) mass is 554 g/mol. The van der Waals surface area contributed by atoms with Crippen molar-refractivity contribution < 1.29 is 32.8 Å². The van der Waals surface area contributed by atoms with Crippen LogP contribution in [0.4, 0.5) is 29.3 Å². The molecule has 0 atom stereocenters. The molecule has 0 fully saturated rings. The number of aromatic amines is 1. The number of nitro groups is 1. The van der Waals surface area contributed by atoms with Crippen molar-refractivity contribution in [1.82, 2.24) is 15.0 Å². The fraction of sp³-hybridized carbons (Fsp3) is 0.0526. The molecule has 1 radical (unpaired) electrons. The number of hydrogen-bond donors (Lipinski definition) is 3. The number of non-ortho nitro benzene ring substituents is 1. The summed E-state index contributed by atoms with van der Waals surface area (Å²) in [4.78, 5) is 43.5. The average Bonchev–Trinajstić information content (AvgIpc) is 3.43. The predicted octanol–water partition coefficient (Wildman–Crippen LogP) is 3.79. The van der Waals surface area contributed by atoms with Crippen LogP contribution in [0.3, 0.4) is 0 Å². The van der Waals surface area contributed by atoms with Crippen LogP contribution in [0.25, 0.3) is 22.6 Å². The first-order valence-corrected chi connectivity index (χ1v) is 11.8. The van der Waals surface area contributed by atoms with Crippen molar-refractivity contribution in [2.75, 3.05) is 5.32 Å². The van der Waals surface area contributed by atoms with Crippen molar-refractivity contribution >= 4 is 64.5 Å². The van der Waals surface area contributed by atoms with E-state index in [1.54, 1.807) is 23.7 Å². The van der Waals surface area contributed by atoms with Crippen molar-refractivity contribution in [1.29, 1.82) is 0 Å². The van der Waals surface area contributed by atoms with Crippen molar-refractivity contribution in [3.63, 3.8) is 0 Å². The molecular weight excluding hydrogens is 542 g/mol. The maximum Gasteiger partial charge on any atom is 0.490 e. The molecule has 0 spiro atoms. The van der Waals surface area contributed by atoms with Gasteiger partial charge in [0.1, 0.15) is 0 Å². The van der Waals surface area contributed by atoms with Gasteiger partial charge in [0.25, 0.3) is 0 Å². The smallest absolute Gasteiger partial charge is 0.475 e. The molecule has 3 N–H and O–H groups in total. The molecule has 1 amide bonds. The molecule has 0 bridgehead atoms. The van der Waals surface area contributed by atoms with Gasteiger partial charge in [-0.15, -0.1) is 0 Å². The topological polar surface area (TPSA) is 151 Å². The van der Waals surface area contributed by atoms with E-state index in [0.29, 0.717) is 15.9 Å². The number of amides is 1. The second-order valence-corrected chi connectivity index (χ2v) is 9.44. The molecule has 0 saturated heterocycles. The zero-order chi connectivity index (χ0) is 24.9. The number of carbonyl (C=O) groups is 2. The Labute approximate surface area is 198 Å². The van der Waals surface area contributed by atoms with Crippen LogP contribution in [0.1, 0.15) is 0 Å². The standard InChI is InChI=1S/C17H11AsN5O3S.C2HF3O2/c24-17(18-10-2-1-3-12(6-10)23(25)26)20-11-4-5-13-14(7-11)22-16(21-13)15-8-27-9-19-15;3-2(4,5)1(6)7/h1-9H,(H,20,24)(H,21,22);(H,6,7). The Bertz CT molecular complexity index is 1340. The maximum atomic E-state index is 12.3. The Morgan fingerprint density at radius 2 is 1.94 bits per heavy atom. The molecule has 4 rings (SSSR count). The molecule has 10 nitrogen and oxygen atoms in total. The predicted molar refractivity (Wildman–Crippen MR) is 118 cm³/mol. The molecule has 2 aromatic carbocycles. The molecule has 34 heavy (non-hydrogen) atoms. The minimum Gasteiger partial charge on any atom is -0.475 e. The number of rotatable bonds is 5. The van der Waals surface area contributed by atoms with Crippen LogP contribution >= 0.6 is 11.3 Å². The second-order valence-electron chi connectivity index (χ2n) is 6.31. The zero-order valence-corrected chi connectivity index (χ0v) is 19.3. The van der Waals surface area contributed by atoms with Gasteiger partial charge >= 0.3 is 176 Å². The minimum absolute atomic E-state index is 0.0101. The van der Waals surface area contributed by atoms with Crippen LogP contribution in [-0.2, 0) is 4.79 Å². The Hall–Kier alpha value is -3.77. The molecule has 175 valence electrons. The van der Waals surface area contributed by atoms with Gasteiger partial charge < -0.3 is 5.11 Å². The van der Waals surface area contributed by atoms with E-state index in [1.165, 1.54) is 23.5 Å². The van der Waals surface area contributed by atoms with Gasteiger partial charge in [0, 0.05) is 0 Å². The average molecular weight is 554 g/mol. The third kappa shape index (κ3) is 6.62. The van der Waals surface area contributed by atoms with Crippen LogP contribution in [0.2, 0.25) is 0 Å². The second kappa shape index (κ2) is 10.4. The maximum absolute atomic E-state index is 12.3. The van der Waals surface area contributed by atoms with Crippen molar-refractivity contribution in [2.24, 2.45) is 0 Å². The number of aromatic nitrogens is 3. The summed E-state index contributed by atoms with van der Waals surface area (Å²) in [6.45, 7) is 0. The Morgan fingerprint density at radius 1 is 1.21 bits per heavy atom. The number of nitro benzene ring substituents is 1. The van der Waals surface area contributed by atoms with E-state index < -0.39 is 32.8 Å². The number of nitrogens with one attached hydrogen (secondary N) is 2. The van der Waals surface area contributed by atoms with Gasteiger partial charge in [-0.3, -0.25) is 0 Å². The summed E-state index contributed by atoms with van der Waals surface area (Å²) in [5.74, 6) is -2.08. The van der Waals surface area contributed by atoms with Crippen LogP contribution in [0.15, 0.2) is 53.4 Å². The summed E-state index contributed by atoms with van der Waals surface area (Å²) in [7, 11) is 0. The Kier molecular flexibility index (Phi) is 7.64. The molecule has 0 aliphatic carbocycles. The number of anilines is 1. The molecular formula is C19H12AsF3N5O5S. The number of H-pyrrole nitrogens is 1. The Morgan fingerprint density at radius 3 is 2.56 bits per heavy atom. The number of thiazole rings is 1. The van der Waals surface area contributed by atoms with Crippen molar-refractivity contribution in [3.8, 4) is 11.5 Å². The number of halogens is 3. The third-order valence-corrected chi connectivity index (χ3v) is 6.29. The fourth-order valence-corrected chi connectivity index (χ4v) is 4.65. The van der Waals surface area contributed by atoms with Crippen LogP contribution < -0.4 is 9.67 Å². The number of aliphatic carboxylic acids is 1. The number of fused-ring (bicyclic) bond motifs is 1. The first-order chi connectivity index (χ1) is 16.0. The SMILES string of the molecule is O=C(Nc1ccc2nc(-c3cscn3)[nH]c2c1)[As]c1cccc([N+](=O)[O-])c1.O=C(O)C(F)(F)F. The molecule has 0 saturated carbocycles. The first kappa shape index (κ1) is 24.9. The van der Waals surface area contributed by atoms with Crippen molar-refractivity contribution in [3.05, 3.63) is 63.5 Å². The summed E-state index contributed by atoms with van der Waals surface area (Å²) < 4.78 is 32.2. The molecule has 2 heterocycles. The van der Waals surface area contributed by atoms with Gasteiger partial charge in [-0.2, -0.15) is 13.2 Å². The normalized spacial score (nSPS) is 11.3. The summed E-state index contributed by atoms with van der Waals surface area (Å²) in [6, 6.07) is 11.6. The van der Waals surface area contributed by atoms with Gasteiger partial charge in [-0.25, -0.2) is 4.79 Å². The number of nitrogens with zero attached hydrogens (tertiary/aromatic N) is 3. The summed E-state index contributed by atoms with van der Waals surface area (Å²) in [5.41, 5.74) is 4.72. The van der Waals surface area contributed by atoms with E-state index in [-0.39, 0.29) is 10.4 Å². The number of alkyl halides is 3. The number of carbonyl (C=O) groups excluding carboxylic acids is 1. The zero-order valence-electron chi connectivity index (χ0n) is 16.6. The van der Waals surface area contributed by atoms with E-state index in [4.69, 9.17) is 9.90 Å². The largest absolute Gasteiger partial charge is 0.490 e. The molecule has 2 aromatic heterocycles. The number of carboxylic acid groups (broad SMARTS) is 1. The van der Waals surface area contributed by atoms with Gasteiger partial charge in [0.05, 0.1) is 0 Å². The first-order valence-electron chi connectivity index (χ1n) is 8.98. The van der Waals surface area contributed by atoms with Gasteiger partial charge in [-0.1, -0.05) is 0 Å². The summed E-state index contributed by atoms with van der Waals surface area (Å²) >= 11 is 0.594. The van der Waals surface area contributed by atoms with Crippen LogP contribution in [-0.4, -0.2) is 57.6 Å². The van der Waals surface area contributed by atoms with Gasteiger partial charge in [-0.05, 0) is 0 Å². The van der Waals surface area contributed by atoms with Gasteiger partial charge in [0.15, 0.2) is 0 Å². The molecule has 0 aliphatic rings. The van der Waals surface area contributed by atoms with E-state index in [0.717, 1.165) is 16.7 Å². The van der Waals surface area contributed by atoms with E-state index in [1.807, 2.05) is 17.5 Å². The van der Waals surface area contributed by atoms with E-state index >= 15 is 0 Å². The number of hydrogen-bond acceptors (Lipinski definition) is 7. The van der Waals surface area contributed by atoms with E-state index in [9.17, 15) is 28.1 Å². The number of imidazole rings is 1. The van der Waals surface area contributed by atoms with Crippen molar-refractivity contribution in [2.45, 2.75) is 6.18 Å². The fourth-order valence-electron chi connectivity index (χ4n) is 2.48. The van der Waals surface area contributed by atoms with Crippen LogP contribution in [0.5, 0.6) is 0 Å². The summed E-state index contributed by atoms with van der Waals surface area (Å²) in [5, 5.41) is 22.7. The van der Waals surface area contributed by atoms with Gasteiger partial charge in [0.2, 0.25) is 0 Å².